The van der Waals surface area contributed by atoms with E-state index >= 15 is 0 Å². The normalized spacial score (nSPS) is 10.1. The molecule has 0 aliphatic carbocycles. The standard InChI is InChI=1S/C15H17N3O2/c1-16-14-9-11(7-8-17-14)15(19)18-13-6-4-3-5-12(13)10-20-2/h3-9H,10H2,1-2H3,(H,16,17)(H,18,19). The molecule has 2 N–H and O–H groups in total. The first kappa shape index (κ1) is 14.0. The van der Waals surface area contributed by atoms with Crippen molar-refractivity contribution in [1.82, 2.24) is 4.98 Å². The van der Waals surface area contributed by atoms with Crippen LogP contribution < -0.4 is 10.6 Å². The molecule has 0 fully saturated rings. The number of aromatic nitrogens is 1. The van der Waals surface area contributed by atoms with Gasteiger partial charge in [0.2, 0.25) is 0 Å². The van der Waals surface area contributed by atoms with E-state index in [0.29, 0.717) is 18.0 Å². The molecule has 0 spiro atoms. The Morgan fingerprint density at radius 2 is 2.10 bits per heavy atom. The van der Waals surface area contributed by atoms with Gasteiger partial charge in [0.25, 0.3) is 5.91 Å². The highest BCUT2D eigenvalue weighted by molar-refractivity contribution is 6.05. The molecular weight excluding hydrogens is 254 g/mol. The molecule has 0 aliphatic rings. The molecule has 0 atom stereocenters. The lowest BCUT2D eigenvalue weighted by Gasteiger charge is -2.10. The summed E-state index contributed by atoms with van der Waals surface area (Å²) in [5.41, 5.74) is 2.24. The van der Waals surface area contributed by atoms with E-state index in [1.54, 1.807) is 32.5 Å². The summed E-state index contributed by atoms with van der Waals surface area (Å²) in [6.45, 7) is 0.453. The molecule has 5 heteroatoms. The first-order valence-corrected chi connectivity index (χ1v) is 6.26. The third kappa shape index (κ3) is 3.33. The Hall–Kier alpha value is -2.40. The van der Waals surface area contributed by atoms with Crippen LogP contribution in [0.5, 0.6) is 0 Å². The minimum atomic E-state index is -0.174. The van der Waals surface area contributed by atoms with E-state index in [2.05, 4.69) is 15.6 Å². The van der Waals surface area contributed by atoms with Gasteiger partial charge >= 0.3 is 0 Å². The molecule has 1 aromatic carbocycles. The van der Waals surface area contributed by atoms with Gasteiger partial charge < -0.3 is 15.4 Å². The molecule has 0 saturated heterocycles. The quantitative estimate of drug-likeness (QED) is 0.877. The molecule has 0 unspecified atom stereocenters. The van der Waals surface area contributed by atoms with Crippen LogP contribution in [0.2, 0.25) is 0 Å². The molecule has 0 bridgehead atoms. The lowest BCUT2D eigenvalue weighted by Crippen LogP contribution is -2.14. The van der Waals surface area contributed by atoms with E-state index in [1.807, 2.05) is 24.3 Å². The molecule has 2 rings (SSSR count). The zero-order chi connectivity index (χ0) is 14.4. The van der Waals surface area contributed by atoms with Crippen LogP contribution in [-0.2, 0) is 11.3 Å². The summed E-state index contributed by atoms with van der Waals surface area (Å²) in [7, 11) is 3.39. The van der Waals surface area contributed by atoms with Gasteiger partial charge in [-0.15, -0.1) is 0 Å². The van der Waals surface area contributed by atoms with Crippen LogP contribution in [-0.4, -0.2) is 25.0 Å². The van der Waals surface area contributed by atoms with Crippen LogP contribution >= 0.6 is 0 Å². The summed E-state index contributed by atoms with van der Waals surface area (Å²) in [5, 5.41) is 5.80. The molecule has 5 nitrogen and oxygen atoms in total. The van der Waals surface area contributed by atoms with Gasteiger partial charge in [-0.25, -0.2) is 4.98 Å². The van der Waals surface area contributed by atoms with Crippen LogP contribution in [0, 0.1) is 0 Å². The fourth-order valence-corrected chi connectivity index (χ4v) is 1.83. The molecule has 1 amide bonds. The second-order valence-corrected chi connectivity index (χ2v) is 4.22. The highest BCUT2D eigenvalue weighted by atomic mass is 16.5. The van der Waals surface area contributed by atoms with Crippen molar-refractivity contribution in [3.05, 3.63) is 53.7 Å². The van der Waals surface area contributed by atoms with Crippen molar-refractivity contribution in [2.75, 3.05) is 24.8 Å². The number of anilines is 2. The number of para-hydroxylation sites is 1. The van der Waals surface area contributed by atoms with Crippen LogP contribution in [0.15, 0.2) is 42.6 Å². The maximum absolute atomic E-state index is 12.2. The number of nitrogens with one attached hydrogen (secondary N) is 2. The lowest BCUT2D eigenvalue weighted by molar-refractivity contribution is 0.102. The number of nitrogens with zero attached hydrogens (tertiary/aromatic N) is 1. The minimum Gasteiger partial charge on any atom is -0.380 e. The Kier molecular flexibility index (Phi) is 4.68. The predicted octanol–water partition coefficient (Wildman–Crippen LogP) is 2.52. The first-order chi connectivity index (χ1) is 9.74. The summed E-state index contributed by atoms with van der Waals surface area (Å²) in [4.78, 5) is 16.3. The molecule has 20 heavy (non-hydrogen) atoms. The Morgan fingerprint density at radius 1 is 1.30 bits per heavy atom. The lowest BCUT2D eigenvalue weighted by atomic mass is 10.1. The maximum Gasteiger partial charge on any atom is 0.255 e. The minimum absolute atomic E-state index is 0.174. The zero-order valence-electron chi connectivity index (χ0n) is 11.5. The Labute approximate surface area is 118 Å². The van der Waals surface area contributed by atoms with Crippen LogP contribution in [0.25, 0.3) is 0 Å². The second kappa shape index (κ2) is 6.68. The molecular formula is C15H17N3O2. The van der Waals surface area contributed by atoms with Crippen molar-refractivity contribution in [2.24, 2.45) is 0 Å². The van der Waals surface area contributed by atoms with E-state index in [4.69, 9.17) is 4.74 Å². The van der Waals surface area contributed by atoms with Gasteiger partial charge in [0.15, 0.2) is 0 Å². The van der Waals surface area contributed by atoms with Gasteiger partial charge in [0.1, 0.15) is 5.82 Å². The van der Waals surface area contributed by atoms with Crippen LogP contribution in [0.3, 0.4) is 0 Å². The fraction of sp³-hybridized carbons (Fsp3) is 0.200. The SMILES string of the molecule is CNc1cc(C(=O)Nc2ccccc2COC)ccn1. The van der Waals surface area contributed by atoms with E-state index in [1.165, 1.54) is 0 Å². The zero-order valence-corrected chi connectivity index (χ0v) is 11.5. The molecule has 0 aliphatic heterocycles. The van der Waals surface area contributed by atoms with E-state index in [9.17, 15) is 4.79 Å². The molecule has 1 aromatic heterocycles. The van der Waals surface area contributed by atoms with Crippen molar-refractivity contribution in [3.8, 4) is 0 Å². The van der Waals surface area contributed by atoms with Gasteiger partial charge in [-0.2, -0.15) is 0 Å². The van der Waals surface area contributed by atoms with E-state index in [0.717, 1.165) is 11.3 Å². The number of carbonyl (C=O) groups is 1. The monoisotopic (exact) mass is 271 g/mol. The summed E-state index contributed by atoms with van der Waals surface area (Å²) in [6, 6.07) is 10.9. The van der Waals surface area contributed by atoms with Crippen LogP contribution in [0.1, 0.15) is 15.9 Å². The van der Waals surface area contributed by atoms with E-state index in [-0.39, 0.29) is 5.91 Å². The number of benzene rings is 1. The van der Waals surface area contributed by atoms with Crippen molar-refractivity contribution in [3.63, 3.8) is 0 Å². The van der Waals surface area contributed by atoms with Crippen molar-refractivity contribution in [2.45, 2.75) is 6.61 Å². The number of methoxy groups -OCH3 is 1. The summed E-state index contributed by atoms with van der Waals surface area (Å²) in [5.74, 6) is 0.482. The number of hydrogen-bond acceptors (Lipinski definition) is 4. The molecule has 104 valence electrons. The maximum atomic E-state index is 12.2. The van der Waals surface area contributed by atoms with Gasteiger partial charge in [0.05, 0.1) is 6.61 Å². The molecule has 0 saturated carbocycles. The smallest absolute Gasteiger partial charge is 0.255 e. The summed E-state index contributed by atoms with van der Waals surface area (Å²) in [6.07, 6.45) is 1.60. The van der Waals surface area contributed by atoms with Crippen molar-refractivity contribution in [1.29, 1.82) is 0 Å². The Balaban J connectivity index is 2.19. The van der Waals surface area contributed by atoms with Gasteiger partial charge in [-0.3, -0.25) is 4.79 Å². The van der Waals surface area contributed by atoms with Gasteiger partial charge in [-0.05, 0) is 18.2 Å². The number of carbonyl (C=O) groups excluding carboxylic acids is 1. The fourth-order valence-electron chi connectivity index (χ4n) is 1.83. The largest absolute Gasteiger partial charge is 0.380 e. The molecule has 1 heterocycles. The van der Waals surface area contributed by atoms with Crippen molar-refractivity contribution >= 4 is 17.4 Å². The average molecular weight is 271 g/mol. The number of rotatable bonds is 5. The number of pyridine rings is 1. The average Bonchev–Trinajstić information content (AvgIpc) is 2.49. The summed E-state index contributed by atoms with van der Waals surface area (Å²) >= 11 is 0. The predicted molar refractivity (Wildman–Crippen MR) is 78.9 cm³/mol. The first-order valence-electron chi connectivity index (χ1n) is 6.26. The Morgan fingerprint density at radius 3 is 2.85 bits per heavy atom. The highest BCUT2D eigenvalue weighted by Gasteiger charge is 2.09. The summed E-state index contributed by atoms with van der Waals surface area (Å²) < 4.78 is 5.12. The highest BCUT2D eigenvalue weighted by Crippen LogP contribution is 2.17. The second-order valence-electron chi connectivity index (χ2n) is 4.22. The Bertz CT molecular complexity index is 599. The van der Waals surface area contributed by atoms with Gasteiger partial charge in [0, 0.05) is 37.2 Å². The third-order valence-electron chi connectivity index (χ3n) is 2.84. The number of hydrogen-bond donors (Lipinski definition) is 2. The van der Waals surface area contributed by atoms with E-state index < -0.39 is 0 Å². The number of amides is 1. The molecule has 2 aromatic rings. The topological polar surface area (TPSA) is 63.2 Å². The number of ether oxygens (including phenoxy) is 1. The molecule has 0 radical (unpaired) electrons. The van der Waals surface area contributed by atoms with Crippen molar-refractivity contribution < 1.29 is 9.53 Å². The van der Waals surface area contributed by atoms with Crippen LogP contribution in [0.4, 0.5) is 11.5 Å². The van der Waals surface area contributed by atoms with Gasteiger partial charge in [-0.1, -0.05) is 18.2 Å². The third-order valence-corrected chi connectivity index (χ3v) is 2.84.